The number of nitrogens with zero attached hydrogens (tertiary/aromatic N) is 3. The molecule has 0 saturated carbocycles. The summed E-state index contributed by atoms with van der Waals surface area (Å²) in [6, 6.07) is 13.3. The van der Waals surface area contributed by atoms with E-state index in [1.807, 2.05) is 0 Å². The number of hydrogen-bond acceptors (Lipinski definition) is 5. The van der Waals surface area contributed by atoms with Gasteiger partial charge >= 0.3 is 6.18 Å². The van der Waals surface area contributed by atoms with Gasteiger partial charge in [-0.1, -0.05) is 18.2 Å². The normalized spacial score (nSPS) is 10.2. The summed E-state index contributed by atoms with van der Waals surface area (Å²) in [5.41, 5.74) is 1.31. The zero-order chi connectivity index (χ0) is 19.2. The Morgan fingerprint density at radius 2 is 1.73 bits per heavy atom. The van der Waals surface area contributed by atoms with E-state index in [0.717, 1.165) is 12.1 Å². The second-order valence-corrected chi connectivity index (χ2v) is 4.87. The largest absolute Gasteiger partial charge is 0.416 e. The number of alkyl halides is 3. The number of hydrazone groups is 1. The molecular formula is C17H10F3N5O. The minimum atomic E-state index is -4.53. The molecule has 1 amide bonds. The first-order chi connectivity index (χ1) is 12.3. The van der Waals surface area contributed by atoms with Crippen LogP contribution in [-0.4, -0.2) is 11.6 Å². The third-order valence-electron chi connectivity index (χ3n) is 3.12. The molecule has 0 saturated heterocycles. The lowest BCUT2D eigenvalue weighted by Crippen LogP contribution is -2.15. The SMILES string of the molecule is N#CC(C#N)=NNc1ccccc1C(=O)Nc1cccc(C(F)(F)F)c1. The molecule has 0 unspecified atom stereocenters. The van der Waals surface area contributed by atoms with Crippen molar-refractivity contribution in [3.63, 3.8) is 0 Å². The predicted octanol–water partition coefficient (Wildman–Crippen LogP) is 3.77. The van der Waals surface area contributed by atoms with Gasteiger partial charge in [-0.05, 0) is 30.3 Å². The maximum absolute atomic E-state index is 12.7. The van der Waals surface area contributed by atoms with Crippen molar-refractivity contribution in [2.24, 2.45) is 5.10 Å². The topological polar surface area (TPSA) is 101 Å². The van der Waals surface area contributed by atoms with Crippen LogP contribution >= 0.6 is 0 Å². The maximum atomic E-state index is 12.7. The molecule has 2 aromatic rings. The minimum Gasteiger partial charge on any atom is -0.322 e. The predicted molar refractivity (Wildman–Crippen MR) is 88.1 cm³/mol. The second kappa shape index (κ2) is 7.81. The molecule has 26 heavy (non-hydrogen) atoms. The zero-order valence-electron chi connectivity index (χ0n) is 13.0. The Balaban J connectivity index is 2.25. The Labute approximate surface area is 146 Å². The fourth-order valence-electron chi connectivity index (χ4n) is 1.94. The van der Waals surface area contributed by atoms with Gasteiger partial charge in [0.1, 0.15) is 12.1 Å². The van der Waals surface area contributed by atoms with Crippen LogP contribution in [0, 0.1) is 22.7 Å². The maximum Gasteiger partial charge on any atom is 0.416 e. The Morgan fingerprint density at radius 1 is 1.04 bits per heavy atom. The smallest absolute Gasteiger partial charge is 0.322 e. The van der Waals surface area contributed by atoms with Gasteiger partial charge in [-0.25, -0.2) is 0 Å². The van der Waals surface area contributed by atoms with Crippen molar-refractivity contribution in [2.75, 3.05) is 10.7 Å². The van der Waals surface area contributed by atoms with Crippen LogP contribution in [0.5, 0.6) is 0 Å². The van der Waals surface area contributed by atoms with Crippen LogP contribution in [-0.2, 0) is 6.18 Å². The molecule has 0 aromatic heterocycles. The van der Waals surface area contributed by atoms with Gasteiger partial charge in [-0.3, -0.25) is 10.2 Å². The Kier molecular flexibility index (Phi) is 5.56. The van der Waals surface area contributed by atoms with Gasteiger partial charge in [0.25, 0.3) is 5.91 Å². The first-order valence-corrected chi connectivity index (χ1v) is 7.06. The third kappa shape index (κ3) is 4.58. The van der Waals surface area contributed by atoms with Crippen LogP contribution in [0.15, 0.2) is 53.6 Å². The third-order valence-corrected chi connectivity index (χ3v) is 3.12. The lowest BCUT2D eigenvalue weighted by atomic mass is 10.1. The highest BCUT2D eigenvalue weighted by Gasteiger charge is 2.30. The van der Waals surface area contributed by atoms with Crippen LogP contribution in [0.4, 0.5) is 24.5 Å². The highest BCUT2D eigenvalue weighted by atomic mass is 19.4. The van der Waals surface area contributed by atoms with E-state index >= 15 is 0 Å². The molecule has 0 radical (unpaired) electrons. The van der Waals surface area contributed by atoms with E-state index in [1.54, 1.807) is 24.3 Å². The van der Waals surface area contributed by atoms with Crippen LogP contribution in [0.3, 0.4) is 0 Å². The molecule has 2 rings (SSSR count). The van der Waals surface area contributed by atoms with Crippen molar-refractivity contribution < 1.29 is 18.0 Å². The van der Waals surface area contributed by atoms with E-state index in [4.69, 9.17) is 10.5 Å². The zero-order valence-corrected chi connectivity index (χ0v) is 13.0. The van der Waals surface area contributed by atoms with Crippen LogP contribution in [0.2, 0.25) is 0 Å². The Hall–Kier alpha value is -3.85. The average molecular weight is 357 g/mol. The molecule has 130 valence electrons. The van der Waals surface area contributed by atoms with Gasteiger partial charge in [-0.2, -0.15) is 28.8 Å². The number of hydrogen-bond donors (Lipinski definition) is 2. The van der Waals surface area contributed by atoms with E-state index < -0.39 is 23.4 Å². The molecule has 0 spiro atoms. The van der Waals surface area contributed by atoms with Crippen molar-refractivity contribution in [3.05, 3.63) is 59.7 Å². The molecule has 2 N–H and O–H groups in total. The summed E-state index contributed by atoms with van der Waals surface area (Å²) < 4.78 is 38.2. The molecule has 0 heterocycles. The van der Waals surface area contributed by atoms with Gasteiger partial charge in [0.2, 0.25) is 5.71 Å². The Bertz CT molecular complexity index is 922. The number of benzene rings is 2. The monoisotopic (exact) mass is 357 g/mol. The highest BCUT2D eigenvalue weighted by molar-refractivity contribution is 6.11. The fourth-order valence-corrected chi connectivity index (χ4v) is 1.94. The van der Waals surface area contributed by atoms with Crippen LogP contribution in [0.25, 0.3) is 0 Å². The molecular weight excluding hydrogens is 347 g/mol. The van der Waals surface area contributed by atoms with Crippen molar-refractivity contribution in [1.29, 1.82) is 10.5 Å². The summed E-state index contributed by atoms with van der Waals surface area (Å²) in [5.74, 6) is -0.682. The van der Waals surface area contributed by atoms with E-state index in [9.17, 15) is 18.0 Å². The van der Waals surface area contributed by atoms with Crippen molar-refractivity contribution in [3.8, 4) is 12.1 Å². The number of amides is 1. The quantitative estimate of drug-likeness (QED) is 0.642. The first-order valence-electron chi connectivity index (χ1n) is 7.06. The van der Waals surface area contributed by atoms with Gasteiger partial charge in [0.05, 0.1) is 16.8 Å². The number of para-hydroxylation sites is 1. The Morgan fingerprint density at radius 3 is 2.38 bits per heavy atom. The molecule has 0 aliphatic carbocycles. The molecule has 2 aromatic carbocycles. The van der Waals surface area contributed by atoms with Gasteiger partial charge in [0.15, 0.2) is 0 Å². The average Bonchev–Trinajstić information content (AvgIpc) is 2.62. The molecule has 0 bridgehead atoms. The molecule has 0 aliphatic heterocycles. The van der Waals surface area contributed by atoms with Gasteiger partial charge < -0.3 is 5.32 Å². The lowest BCUT2D eigenvalue weighted by Gasteiger charge is -2.11. The summed E-state index contributed by atoms with van der Waals surface area (Å²) in [6.07, 6.45) is -4.53. The van der Waals surface area contributed by atoms with E-state index in [2.05, 4.69) is 15.8 Å². The standard InChI is InChI=1S/C17H10F3N5O/c18-17(19,20)11-4-3-5-12(8-11)23-16(26)14-6-1-2-7-15(14)25-24-13(9-21)10-22/h1-8,25H,(H,23,26). The van der Waals surface area contributed by atoms with Gasteiger partial charge in [0, 0.05) is 5.69 Å². The molecule has 6 nitrogen and oxygen atoms in total. The summed E-state index contributed by atoms with van der Waals surface area (Å²) >= 11 is 0. The van der Waals surface area contributed by atoms with Crippen molar-refractivity contribution in [1.82, 2.24) is 0 Å². The van der Waals surface area contributed by atoms with Crippen molar-refractivity contribution >= 4 is 23.0 Å². The number of rotatable bonds is 4. The van der Waals surface area contributed by atoms with E-state index in [-0.39, 0.29) is 16.9 Å². The number of carbonyl (C=O) groups is 1. The molecule has 0 atom stereocenters. The molecule has 0 aliphatic rings. The second-order valence-electron chi connectivity index (χ2n) is 4.87. The summed E-state index contributed by atoms with van der Waals surface area (Å²) in [4.78, 5) is 12.4. The number of anilines is 2. The minimum absolute atomic E-state index is 0.0298. The molecule has 9 heteroatoms. The fraction of sp³-hybridized carbons (Fsp3) is 0.0588. The number of carbonyl (C=O) groups excluding carboxylic acids is 1. The van der Waals surface area contributed by atoms with Crippen LogP contribution in [0.1, 0.15) is 15.9 Å². The van der Waals surface area contributed by atoms with Gasteiger partial charge in [-0.15, -0.1) is 0 Å². The molecule has 0 fully saturated rings. The van der Waals surface area contributed by atoms with Crippen LogP contribution < -0.4 is 10.7 Å². The summed E-state index contributed by atoms with van der Waals surface area (Å²) in [7, 11) is 0. The summed E-state index contributed by atoms with van der Waals surface area (Å²) in [5, 5.41) is 23.2. The highest BCUT2D eigenvalue weighted by Crippen LogP contribution is 2.30. The van der Waals surface area contributed by atoms with Crippen molar-refractivity contribution in [2.45, 2.75) is 6.18 Å². The first kappa shape index (κ1) is 18.5. The summed E-state index contributed by atoms with van der Waals surface area (Å²) in [6.45, 7) is 0. The van der Waals surface area contributed by atoms with E-state index in [0.29, 0.717) is 0 Å². The van der Waals surface area contributed by atoms with E-state index in [1.165, 1.54) is 24.3 Å². The number of nitriles is 2. The number of halogens is 3. The number of nitrogens with one attached hydrogen (secondary N) is 2. The lowest BCUT2D eigenvalue weighted by molar-refractivity contribution is -0.137.